The lowest BCUT2D eigenvalue weighted by Crippen LogP contribution is -2.40. The average Bonchev–Trinajstić information content (AvgIpc) is 2.22. The molecule has 1 aliphatic rings. The summed E-state index contributed by atoms with van der Waals surface area (Å²) < 4.78 is 0. The third-order valence-electron chi connectivity index (χ3n) is 3.90. The maximum atomic E-state index is 10.9. The fourth-order valence-corrected chi connectivity index (χ4v) is 4.02. The van der Waals surface area contributed by atoms with Crippen molar-refractivity contribution in [1.82, 2.24) is 4.98 Å². The van der Waals surface area contributed by atoms with Crippen LogP contribution in [0.2, 0.25) is 5.15 Å². The number of hydrogen-bond acceptors (Lipinski definition) is 4. The highest BCUT2D eigenvalue weighted by molar-refractivity contribution is 6.29. The van der Waals surface area contributed by atoms with Gasteiger partial charge in [0.05, 0.1) is 17.1 Å². The van der Waals surface area contributed by atoms with Crippen LogP contribution in [0.25, 0.3) is 0 Å². The normalized spacial score (nSPS) is 21.0. The Hall–Kier alpha value is -1.36. The molecule has 0 amide bonds. The van der Waals surface area contributed by atoms with E-state index in [1.54, 1.807) is 0 Å². The molecule has 1 aromatic rings. The number of nitro groups is 1. The monoisotopic (exact) mass is 311 g/mol. The molecule has 1 saturated carbocycles. The van der Waals surface area contributed by atoms with Gasteiger partial charge in [0.2, 0.25) is 0 Å². The summed E-state index contributed by atoms with van der Waals surface area (Å²) in [5, 5.41) is 14.4. The van der Waals surface area contributed by atoms with E-state index in [4.69, 9.17) is 11.6 Å². The predicted molar refractivity (Wildman–Crippen MR) is 84.7 cm³/mol. The van der Waals surface area contributed by atoms with Crippen molar-refractivity contribution < 1.29 is 4.92 Å². The fourth-order valence-electron chi connectivity index (χ4n) is 3.82. The third-order valence-corrected chi connectivity index (χ3v) is 4.09. The van der Waals surface area contributed by atoms with Crippen LogP contribution in [0.1, 0.15) is 47.0 Å². The van der Waals surface area contributed by atoms with E-state index in [2.05, 4.69) is 38.0 Å². The van der Waals surface area contributed by atoms with E-state index in [-0.39, 0.29) is 27.7 Å². The number of hydrogen-bond donors (Lipinski definition) is 1. The molecule has 1 aliphatic carbocycles. The molecule has 1 N–H and O–H groups in total. The van der Waals surface area contributed by atoms with Crippen LogP contribution in [0, 0.1) is 20.9 Å². The average molecular weight is 312 g/mol. The molecule has 0 saturated heterocycles. The minimum atomic E-state index is -0.451. The maximum Gasteiger partial charge on any atom is 0.276 e. The Bertz CT molecular complexity index is 542. The molecule has 5 nitrogen and oxygen atoms in total. The predicted octanol–water partition coefficient (Wildman–Crippen LogP) is 4.66. The van der Waals surface area contributed by atoms with Gasteiger partial charge in [-0.2, -0.15) is 0 Å². The van der Waals surface area contributed by atoms with Gasteiger partial charge < -0.3 is 5.32 Å². The lowest BCUT2D eigenvalue weighted by molar-refractivity contribution is -0.384. The standard InChI is InChI=1S/C15H22ClN3O2/c1-14(2)7-10(8-15(3,4)9-14)17-13-6-11(19(20)21)5-12(16)18-13/h5-6,10H,7-9H2,1-4H3,(H,17,18). The Labute approximate surface area is 130 Å². The molecule has 1 fully saturated rings. The first-order valence-electron chi connectivity index (χ1n) is 7.15. The van der Waals surface area contributed by atoms with Crippen LogP contribution in [-0.4, -0.2) is 15.9 Å². The number of halogens is 1. The summed E-state index contributed by atoms with van der Waals surface area (Å²) in [4.78, 5) is 14.6. The van der Waals surface area contributed by atoms with Crippen molar-refractivity contribution >= 4 is 23.1 Å². The number of rotatable bonds is 3. The third kappa shape index (κ3) is 4.30. The molecule has 21 heavy (non-hydrogen) atoms. The van der Waals surface area contributed by atoms with E-state index in [0.29, 0.717) is 5.82 Å². The van der Waals surface area contributed by atoms with E-state index in [9.17, 15) is 10.1 Å². The number of nitrogens with one attached hydrogen (secondary N) is 1. The molecule has 0 atom stereocenters. The number of pyridine rings is 1. The van der Waals surface area contributed by atoms with Crippen LogP contribution in [0.5, 0.6) is 0 Å². The summed E-state index contributed by atoms with van der Waals surface area (Å²) in [6.07, 6.45) is 3.19. The molecule has 2 rings (SSSR count). The molecule has 116 valence electrons. The highest BCUT2D eigenvalue weighted by atomic mass is 35.5. The van der Waals surface area contributed by atoms with Crippen molar-refractivity contribution in [3.05, 3.63) is 27.4 Å². The lowest BCUT2D eigenvalue weighted by atomic mass is 9.63. The molecule has 0 bridgehead atoms. The number of anilines is 1. The second-order valence-electron chi connectivity index (χ2n) is 7.55. The van der Waals surface area contributed by atoms with Crippen LogP contribution >= 0.6 is 11.6 Å². The fraction of sp³-hybridized carbons (Fsp3) is 0.667. The largest absolute Gasteiger partial charge is 0.367 e. The van der Waals surface area contributed by atoms with Gasteiger partial charge in [0.15, 0.2) is 0 Å². The molecule has 6 heteroatoms. The van der Waals surface area contributed by atoms with Crippen molar-refractivity contribution in [3.8, 4) is 0 Å². The molecular formula is C15H22ClN3O2. The van der Waals surface area contributed by atoms with E-state index < -0.39 is 4.92 Å². The summed E-state index contributed by atoms with van der Waals surface area (Å²) in [5.74, 6) is 0.479. The number of nitrogens with zero attached hydrogens (tertiary/aromatic N) is 2. The Balaban J connectivity index is 2.19. The van der Waals surface area contributed by atoms with Crippen LogP contribution < -0.4 is 5.32 Å². The van der Waals surface area contributed by atoms with Gasteiger partial charge in [0, 0.05) is 6.04 Å². The molecule has 0 spiro atoms. The van der Waals surface area contributed by atoms with Gasteiger partial charge >= 0.3 is 0 Å². The Morgan fingerprint density at radius 1 is 1.29 bits per heavy atom. The van der Waals surface area contributed by atoms with Crippen LogP contribution in [0.15, 0.2) is 12.1 Å². The lowest BCUT2D eigenvalue weighted by Gasteiger charge is -2.45. The van der Waals surface area contributed by atoms with Gasteiger partial charge in [-0.1, -0.05) is 39.3 Å². The molecule has 0 aliphatic heterocycles. The summed E-state index contributed by atoms with van der Waals surface area (Å²) >= 11 is 5.87. The van der Waals surface area contributed by atoms with Gasteiger partial charge in [-0.15, -0.1) is 0 Å². The van der Waals surface area contributed by atoms with Crippen molar-refractivity contribution in [1.29, 1.82) is 0 Å². The van der Waals surface area contributed by atoms with Crippen molar-refractivity contribution in [2.75, 3.05) is 5.32 Å². The van der Waals surface area contributed by atoms with Gasteiger partial charge in [-0.3, -0.25) is 10.1 Å². The summed E-state index contributed by atoms with van der Waals surface area (Å²) in [7, 11) is 0. The van der Waals surface area contributed by atoms with E-state index in [0.717, 1.165) is 12.8 Å². The molecule has 0 unspecified atom stereocenters. The number of aromatic nitrogens is 1. The van der Waals surface area contributed by atoms with Crippen molar-refractivity contribution in [3.63, 3.8) is 0 Å². The smallest absolute Gasteiger partial charge is 0.276 e. The highest BCUT2D eigenvalue weighted by Gasteiger charge is 2.38. The highest BCUT2D eigenvalue weighted by Crippen LogP contribution is 2.46. The maximum absolute atomic E-state index is 10.9. The van der Waals surface area contributed by atoms with Gasteiger partial charge in [0.1, 0.15) is 11.0 Å². The van der Waals surface area contributed by atoms with E-state index in [1.165, 1.54) is 18.6 Å². The van der Waals surface area contributed by atoms with Gasteiger partial charge in [0.25, 0.3) is 5.69 Å². The van der Waals surface area contributed by atoms with Crippen LogP contribution in [0.4, 0.5) is 11.5 Å². The first-order valence-corrected chi connectivity index (χ1v) is 7.53. The first kappa shape index (κ1) is 16.0. The Morgan fingerprint density at radius 3 is 2.38 bits per heavy atom. The Morgan fingerprint density at radius 2 is 1.86 bits per heavy atom. The van der Waals surface area contributed by atoms with Crippen molar-refractivity contribution in [2.45, 2.75) is 53.0 Å². The summed E-state index contributed by atoms with van der Waals surface area (Å²) in [5.41, 5.74) is 0.445. The van der Waals surface area contributed by atoms with Gasteiger partial charge in [-0.25, -0.2) is 4.98 Å². The zero-order valence-electron chi connectivity index (χ0n) is 12.9. The van der Waals surface area contributed by atoms with Crippen LogP contribution in [0.3, 0.4) is 0 Å². The second kappa shape index (κ2) is 5.44. The summed E-state index contributed by atoms with van der Waals surface area (Å²) in [6.45, 7) is 9.04. The molecule has 1 aromatic heterocycles. The summed E-state index contributed by atoms with van der Waals surface area (Å²) in [6, 6.07) is 2.96. The topological polar surface area (TPSA) is 68.1 Å². The quantitative estimate of drug-likeness (QED) is 0.501. The second-order valence-corrected chi connectivity index (χ2v) is 7.93. The SMILES string of the molecule is CC1(C)CC(Nc2cc([N+](=O)[O-])cc(Cl)n2)CC(C)(C)C1. The van der Waals surface area contributed by atoms with E-state index in [1.807, 2.05) is 0 Å². The Kier molecular flexibility index (Phi) is 4.15. The van der Waals surface area contributed by atoms with Gasteiger partial charge in [-0.05, 0) is 30.1 Å². The molecule has 1 heterocycles. The molecular weight excluding hydrogens is 290 g/mol. The zero-order chi connectivity index (χ0) is 15.8. The zero-order valence-corrected chi connectivity index (χ0v) is 13.7. The van der Waals surface area contributed by atoms with E-state index >= 15 is 0 Å². The van der Waals surface area contributed by atoms with Crippen molar-refractivity contribution in [2.24, 2.45) is 10.8 Å². The first-order chi connectivity index (χ1) is 9.56. The minimum absolute atomic E-state index is 0.0353. The van der Waals surface area contributed by atoms with Crippen LogP contribution in [-0.2, 0) is 0 Å². The molecule has 0 radical (unpaired) electrons. The minimum Gasteiger partial charge on any atom is -0.367 e. The molecule has 0 aromatic carbocycles.